The standard InChI is InChI=1S/C16H30N2O/c1-5-9-13-17-16(10-7-8-11-16)14(19)18(13)12-15(3,4)6-2/h13,17H,5-12H2,1-4H3. The van der Waals surface area contributed by atoms with Crippen LogP contribution in [0, 0.1) is 5.41 Å². The van der Waals surface area contributed by atoms with Gasteiger partial charge in [0.05, 0.1) is 11.7 Å². The number of amides is 1. The van der Waals surface area contributed by atoms with Crippen molar-refractivity contribution in [1.29, 1.82) is 0 Å². The molecule has 2 fully saturated rings. The Bertz CT molecular complexity index is 332. The van der Waals surface area contributed by atoms with E-state index in [9.17, 15) is 4.79 Å². The molecule has 3 heteroatoms. The molecule has 2 aliphatic rings. The molecule has 19 heavy (non-hydrogen) atoms. The molecule has 0 aromatic heterocycles. The second-order valence-electron chi connectivity index (χ2n) is 7.19. The molecule has 3 nitrogen and oxygen atoms in total. The predicted octanol–water partition coefficient (Wildman–Crippen LogP) is 3.29. The Balaban J connectivity index is 2.16. The van der Waals surface area contributed by atoms with Crippen molar-refractivity contribution in [2.45, 2.75) is 84.3 Å². The molecule has 1 atom stereocenters. The van der Waals surface area contributed by atoms with Crippen LogP contribution in [0.15, 0.2) is 0 Å². The Labute approximate surface area is 118 Å². The van der Waals surface area contributed by atoms with E-state index in [4.69, 9.17) is 0 Å². The van der Waals surface area contributed by atoms with E-state index in [1.807, 2.05) is 0 Å². The third kappa shape index (κ3) is 2.81. The first-order valence-electron chi connectivity index (χ1n) is 8.03. The van der Waals surface area contributed by atoms with E-state index in [-0.39, 0.29) is 17.1 Å². The highest BCUT2D eigenvalue weighted by molar-refractivity contribution is 5.89. The summed E-state index contributed by atoms with van der Waals surface area (Å²) in [5, 5.41) is 3.69. The molecular formula is C16H30N2O. The minimum Gasteiger partial charge on any atom is -0.325 e. The van der Waals surface area contributed by atoms with Crippen LogP contribution in [0.1, 0.15) is 72.6 Å². The van der Waals surface area contributed by atoms with Gasteiger partial charge in [-0.05, 0) is 31.1 Å². The van der Waals surface area contributed by atoms with E-state index in [0.29, 0.717) is 5.91 Å². The molecule has 2 rings (SSSR count). The highest BCUT2D eigenvalue weighted by atomic mass is 16.2. The number of hydrogen-bond donors (Lipinski definition) is 1. The van der Waals surface area contributed by atoms with E-state index in [1.54, 1.807) is 0 Å². The molecule has 1 N–H and O–H groups in total. The van der Waals surface area contributed by atoms with Crippen LogP contribution in [0.4, 0.5) is 0 Å². The average molecular weight is 266 g/mol. The number of carbonyl (C=O) groups is 1. The number of hydrogen-bond acceptors (Lipinski definition) is 2. The maximum Gasteiger partial charge on any atom is 0.244 e. The largest absolute Gasteiger partial charge is 0.325 e. The Morgan fingerprint density at radius 1 is 1.32 bits per heavy atom. The zero-order valence-corrected chi connectivity index (χ0v) is 13.1. The Morgan fingerprint density at radius 3 is 2.47 bits per heavy atom. The van der Waals surface area contributed by atoms with E-state index in [0.717, 1.165) is 38.6 Å². The molecule has 0 bridgehead atoms. The van der Waals surface area contributed by atoms with Gasteiger partial charge in [-0.3, -0.25) is 10.1 Å². The number of carbonyl (C=O) groups excluding carboxylic acids is 1. The van der Waals surface area contributed by atoms with Gasteiger partial charge in [-0.2, -0.15) is 0 Å². The minimum atomic E-state index is -0.205. The lowest BCUT2D eigenvalue weighted by Crippen LogP contribution is -2.45. The molecule has 1 saturated carbocycles. The van der Waals surface area contributed by atoms with Crippen LogP contribution in [-0.4, -0.2) is 29.1 Å². The van der Waals surface area contributed by atoms with Crippen molar-refractivity contribution in [2.24, 2.45) is 5.41 Å². The third-order valence-electron chi connectivity index (χ3n) is 5.06. The molecule has 0 aromatic carbocycles. The van der Waals surface area contributed by atoms with Crippen molar-refractivity contribution in [3.05, 3.63) is 0 Å². The van der Waals surface area contributed by atoms with Crippen LogP contribution < -0.4 is 5.32 Å². The molecular weight excluding hydrogens is 236 g/mol. The fourth-order valence-electron chi connectivity index (χ4n) is 3.47. The second kappa shape index (κ2) is 5.43. The molecule has 1 unspecified atom stereocenters. The first-order chi connectivity index (χ1) is 8.94. The summed E-state index contributed by atoms with van der Waals surface area (Å²) in [6.07, 6.45) is 8.05. The molecule has 1 spiro atoms. The fraction of sp³-hybridized carbons (Fsp3) is 0.938. The summed E-state index contributed by atoms with van der Waals surface area (Å²) >= 11 is 0. The lowest BCUT2D eigenvalue weighted by molar-refractivity contribution is -0.134. The summed E-state index contributed by atoms with van der Waals surface area (Å²) in [6.45, 7) is 9.84. The highest BCUT2D eigenvalue weighted by Gasteiger charge is 2.52. The number of nitrogens with one attached hydrogen (secondary N) is 1. The molecule has 1 saturated heterocycles. The monoisotopic (exact) mass is 266 g/mol. The average Bonchev–Trinajstić information content (AvgIpc) is 2.92. The first-order valence-corrected chi connectivity index (χ1v) is 8.03. The number of nitrogens with zero attached hydrogens (tertiary/aromatic N) is 1. The van der Waals surface area contributed by atoms with Gasteiger partial charge in [0.15, 0.2) is 0 Å². The molecule has 1 heterocycles. The summed E-state index contributed by atoms with van der Waals surface area (Å²) < 4.78 is 0. The van der Waals surface area contributed by atoms with Gasteiger partial charge in [0.25, 0.3) is 0 Å². The van der Waals surface area contributed by atoms with Crippen LogP contribution in [0.3, 0.4) is 0 Å². The maximum absolute atomic E-state index is 12.9. The second-order valence-corrected chi connectivity index (χ2v) is 7.19. The van der Waals surface area contributed by atoms with Crippen molar-refractivity contribution in [3.8, 4) is 0 Å². The van der Waals surface area contributed by atoms with Crippen LogP contribution in [0.2, 0.25) is 0 Å². The van der Waals surface area contributed by atoms with Gasteiger partial charge in [0.1, 0.15) is 0 Å². The maximum atomic E-state index is 12.9. The SMILES string of the molecule is CCCC1NC2(CCCC2)C(=O)N1CC(C)(C)CC. The first kappa shape index (κ1) is 14.8. The van der Waals surface area contributed by atoms with E-state index < -0.39 is 0 Å². The molecule has 110 valence electrons. The third-order valence-corrected chi connectivity index (χ3v) is 5.06. The lowest BCUT2D eigenvalue weighted by Gasteiger charge is -2.33. The van der Waals surface area contributed by atoms with Gasteiger partial charge >= 0.3 is 0 Å². The van der Waals surface area contributed by atoms with Crippen LogP contribution in [0.5, 0.6) is 0 Å². The van der Waals surface area contributed by atoms with Crippen LogP contribution in [0.25, 0.3) is 0 Å². The Kier molecular flexibility index (Phi) is 4.24. The van der Waals surface area contributed by atoms with Crippen molar-refractivity contribution in [2.75, 3.05) is 6.54 Å². The fourth-order valence-corrected chi connectivity index (χ4v) is 3.47. The summed E-state index contributed by atoms with van der Waals surface area (Å²) in [5.74, 6) is 0.380. The van der Waals surface area contributed by atoms with Gasteiger partial charge in [0, 0.05) is 6.54 Å². The molecule has 0 radical (unpaired) electrons. The lowest BCUT2D eigenvalue weighted by atomic mass is 9.89. The Morgan fingerprint density at radius 2 is 1.95 bits per heavy atom. The Hall–Kier alpha value is -0.570. The topological polar surface area (TPSA) is 32.3 Å². The predicted molar refractivity (Wildman–Crippen MR) is 78.8 cm³/mol. The van der Waals surface area contributed by atoms with E-state index >= 15 is 0 Å². The molecule has 1 aliphatic carbocycles. The van der Waals surface area contributed by atoms with Crippen LogP contribution >= 0.6 is 0 Å². The van der Waals surface area contributed by atoms with Crippen molar-refractivity contribution in [3.63, 3.8) is 0 Å². The van der Waals surface area contributed by atoms with Crippen LogP contribution in [-0.2, 0) is 4.79 Å². The summed E-state index contributed by atoms with van der Waals surface area (Å²) in [4.78, 5) is 15.0. The van der Waals surface area contributed by atoms with Crippen molar-refractivity contribution >= 4 is 5.91 Å². The summed E-state index contributed by atoms with van der Waals surface area (Å²) in [7, 11) is 0. The summed E-state index contributed by atoms with van der Waals surface area (Å²) in [5.41, 5.74) is 0.0110. The normalized spacial score (nSPS) is 26.6. The quantitative estimate of drug-likeness (QED) is 0.828. The van der Waals surface area contributed by atoms with Gasteiger partial charge in [0.2, 0.25) is 5.91 Å². The molecule has 1 aliphatic heterocycles. The summed E-state index contributed by atoms with van der Waals surface area (Å²) in [6, 6.07) is 0. The zero-order valence-electron chi connectivity index (χ0n) is 13.1. The number of rotatable bonds is 5. The van der Waals surface area contributed by atoms with Gasteiger partial charge in [-0.15, -0.1) is 0 Å². The zero-order chi connectivity index (χ0) is 14.1. The minimum absolute atomic E-state index is 0.205. The molecule has 0 aromatic rings. The van der Waals surface area contributed by atoms with Gasteiger partial charge in [-0.25, -0.2) is 0 Å². The van der Waals surface area contributed by atoms with Crippen molar-refractivity contribution < 1.29 is 4.79 Å². The van der Waals surface area contributed by atoms with E-state index in [2.05, 4.69) is 37.9 Å². The van der Waals surface area contributed by atoms with Gasteiger partial charge < -0.3 is 4.90 Å². The highest BCUT2D eigenvalue weighted by Crippen LogP contribution is 2.38. The van der Waals surface area contributed by atoms with E-state index in [1.165, 1.54) is 12.8 Å². The molecule has 1 amide bonds. The smallest absolute Gasteiger partial charge is 0.244 e. The van der Waals surface area contributed by atoms with Crippen molar-refractivity contribution in [1.82, 2.24) is 10.2 Å². The van der Waals surface area contributed by atoms with Gasteiger partial charge in [-0.1, -0.05) is 47.0 Å².